The van der Waals surface area contributed by atoms with Crippen molar-refractivity contribution in [1.82, 2.24) is 20.7 Å². The van der Waals surface area contributed by atoms with Crippen molar-refractivity contribution < 1.29 is 24.3 Å². The summed E-state index contributed by atoms with van der Waals surface area (Å²) in [7, 11) is 0. The maximum Gasteiger partial charge on any atom is 0.275 e. The number of likely N-dealkylation sites (tertiary alicyclic amines) is 1. The Bertz CT molecular complexity index is 1180. The van der Waals surface area contributed by atoms with Crippen LogP contribution < -0.4 is 21.4 Å². The van der Waals surface area contributed by atoms with E-state index in [9.17, 15) is 19.5 Å². The molecular formula is C32H49N5O5S. The molecule has 1 aromatic heterocycles. The quantitative estimate of drug-likeness (QED) is 0.161. The molecule has 43 heavy (non-hydrogen) atoms. The van der Waals surface area contributed by atoms with E-state index >= 15 is 0 Å². The first-order valence-electron chi connectivity index (χ1n) is 15.5. The van der Waals surface area contributed by atoms with Gasteiger partial charge in [-0.15, -0.1) is 11.3 Å². The van der Waals surface area contributed by atoms with E-state index in [1.54, 1.807) is 29.0 Å². The number of aromatic nitrogens is 1. The molecule has 238 valence electrons. The summed E-state index contributed by atoms with van der Waals surface area (Å²) in [5.74, 6) is -0.673. The Hall–Kier alpha value is -3.02. The van der Waals surface area contributed by atoms with Crippen LogP contribution in [0.3, 0.4) is 0 Å². The van der Waals surface area contributed by atoms with Crippen LogP contribution in [-0.2, 0) is 14.4 Å². The predicted octanol–water partition coefficient (Wildman–Crippen LogP) is 4.49. The zero-order valence-electron chi connectivity index (χ0n) is 26.1. The van der Waals surface area contributed by atoms with Crippen molar-refractivity contribution >= 4 is 29.1 Å². The second-order valence-electron chi connectivity index (χ2n) is 12.5. The lowest BCUT2D eigenvalue weighted by atomic mass is 9.85. The number of β-amino-alcohol motifs (C(OH)–C–C–N with tert-alkyl or cyclic N) is 1. The smallest absolute Gasteiger partial charge is 0.275 e. The van der Waals surface area contributed by atoms with E-state index in [1.807, 2.05) is 39.8 Å². The van der Waals surface area contributed by atoms with Crippen LogP contribution in [0.25, 0.3) is 10.4 Å². The number of unbranched alkanes of at least 4 members (excludes halogenated alkanes) is 7. The average Bonchev–Trinajstić information content (AvgIpc) is 3.58. The number of aliphatic hydroxyl groups is 1. The second kappa shape index (κ2) is 16.7. The summed E-state index contributed by atoms with van der Waals surface area (Å²) in [6.07, 6.45) is 8.17. The van der Waals surface area contributed by atoms with E-state index in [1.165, 1.54) is 24.2 Å². The van der Waals surface area contributed by atoms with Gasteiger partial charge < -0.3 is 25.9 Å². The van der Waals surface area contributed by atoms with Crippen LogP contribution in [-0.4, -0.2) is 64.0 Å². The van der Waals surface area contributed by atoms with Gasteiger partial charge in [-0.05, 0) is 61.6 Å². The maximum atomic E-state index is 13.7. The number of hydrogen-bond donors (Lipinski definition) is 4. The molecule has 1 saturated heterocycles. The summed E-state index contributed by atoms with van der Waals surface area (Å²) in [6, 6.07) is 5.50. The Morgan fingerprint density at radius 1 is 1.07 bits per heavy atom. The summed E-state index contributed by atoms with van der Waals surface area (Å²) in [5, 5.41) is 13.3. The van der Waals surface area contributed by atoms with Crippen molar-refractivity contribution in [2.24, 2.45) is 11.1 Å². The highest BCUT2D eigenvalue weighted by molar-refractivity contribution is 7.13. The standard InChI is InChI=1S/C32H49N5O5S/c1-22-28(43-21-34-22)23-14-16-25(17-15-23)42-36-30(40)26-19-24(38)20-37(26)31(41)29(32(2,3)4)35-27(39)13-11-9-7-5-6-8-10-12-18-33/h14-17,21,24,26,29,38H,5-13,18-20,33H2,1-4H3,(H,35,39)(H,36,40)/t24-,26+,29-/m1/s1. The Labute approximate surface area is 259 Å². The SMILES string of the molecule is Cc1ncsc1-c1ccc(ONC(=O)[C@@H]2C[C@@H](O)CN2C(=O)[C@@H](NC(=O)CCCCCCCCCCN)C(C)(C)C)cc1. The fourth-order valence-electron chi connectivity index (χ4n) is 5.27. The number of nitrogens with two attached hydrogens (primary N) is 1. The first kappa shape index (κ1) is 34.5. The number of aliphatic hydroxyl groups excluding tert-OH is 1. The molecule has 0 spiro atoms. The largest absolute Gasteiger partial charge is 0.391 e. The van der Waals surface area contributed by atoms with Gasteiger partial charge in [0.2, 0.25) is 11.8 Å². The van der Waals surface area contributed by atoms with E-state index in [-0.39, 0.29) is 24.8 Å². The lowest BCUT2D eigenvalue weighted by Crippen LogP contribution is -2.58. The Balaban J connectivity index is 1.52. The third-order valence-corrected chi connectivity index (χ3v) is 8.75. The fourth-order valence-corrected chi connectivity index (χ4v) is 6.09. The molecule has 1 aliphatic rings. The summed E-state index contributed by atoms with van der Waals surface area (Å²) in [5.41, 5.74) is 11.1. The zero-order chi connectivity index (χ0) is 31.4. The van der Waals surface area contributed by atoms with Gasteiger partial charge in [0.25, 0.3) is 5.91 Å². The lowest BCUT2D eigenvalue weighted by Gasteiger charge is -2.35. The van der Waals surface area contributed by atoms with Crippen LogP contribution in [0.15, 0.2) is 29.8 Å². The van der Waals surface area contributed by atoms with Gasteiger partial charge in [0.1, 0.15) is 12.1 Å². The summed E-state index contributed by atoms with van der Waals surface area (Å²) in [6.45, 7) is 8.34. The number of rotatable bonds is 16. The van der Waals surface area contributed by atoms with E-state index in [2.05, 4.69) is 15.8 Å². The normalized spacial score (nSPS) is 17.5. The number of benzene rings is 1. The van der Waals surface area contributed by atoms with Crippen molar-refractivity contribution in [3.8, 4) is 16.2 Å². The summed E-state index contributed by atoms with van der Waals surface area (Å²) in [4.78, 5) is 51.9. The van der Waals surface area contributed by atoms with Gasteiger partial charge in [0.15, 0.2) is 5.75 Å². The van der Waals surface area contributed by atoms with E-state index < -0.39 is 29.5 Å². The molecule has 2 aromatic rings. The fraction of sp³-hybridized carbons (Fsp3) is 0.625. The minimum atomic E-state index is -0.923. The lowest BCUT2D eigenvalue weighted by molar-refractivity contribution is -0.145. The molecular weight excluding hydrogens is 566 g/mol. The van der Waals surface area contributed by atoms with Crippen LogP contribution in [0.1, 0.15) is 90.7 Å². The maximum absolute atomic E-state index is 13.7. The predicted molar refractivity (Wildman–Crippen MR) is 169 cm³/mol. The van der Waals surface area contributed by atoms with E-state index in [0.29, 0.717) is 12.2 Å². The number of amides is 3. The molecule has 3 atom stereocenters. The van der Waals surface area contributed by atoms with E-state index in [4.69, 9.17) is 10.6 Å². The van der Waals surface area contributed by atoms with Gasteiger partial charge in [-0.1, -0.05) is 59.3 Å². The number of hydrogen-bond acceptors (Lipinski definition) is 8. The molecule has 11 heteroatoms. The molecule has 0 radical (unpaired) electrons. The molecule has 0 saturated carbocycles. The highest BCUT2D eigenvalue weighted by atomic mass is 32.1. The van der Waals surface area contributed by atoms with Crippen LogP contribution in [0, 0.1) is 12.3 Å². The highest BCUT2D eigenvalue weighted by Gasteiger charge is 2.44. The molecule has 5 N–H and O–H groups in total. The van der Waals surface area contributed by atoms with Crippen LogP contribution in [0.5, 0.6) is 5.75 Å². The summed E-state index contributed by atoms with van der Waals surface area (Å²) < 4.78 is 0. The minimum absolute atomic E-state index is 0.00749. The van der Waals surface area contributed by atoms with Gasteiger partial charge >= 0.3 is 0 Å². The molecule has 3 amide bonds. The number of thiazole rings is 1. The topological polar surface area (TPSA) is 147 Å². The van der Waals surface area contributed by atoms with Crippen LogP contribution in [0.4, 0.5) is 0 Å². The van der Waals surface area contributed by atoms with Crippen molar-refractivity contribution in [2.45, 2.75) is 110 Å². The van der Waals surface area contributed by atoms with Gasteiger partial charge in [0, 0.05) is 19.4 Å². The minimum Gasteiger partial charge on any atom is -0.391 e. The highest BCUT2D eigenvalue weighted by Crippen LogP contribution is 2.29. The molecule has 1 aliphatic heterocycles. The van der Waals surface area contributed by atoms with Crippen LogP contribution >= 0.6 is 11.3 Å². The number of hydroxylamine groups is 1. The zero-order valence-corrected chi connectivity index (χ0v) is 26.9. The molecule has 2 heterocycles. The average molecular weight is 616 g/mol. The van der Waals surface area contributed by atoms with Crippen molar-refractivity contribution in [3.05, 3.63) is 35.5 Å². The van der Waals surface area contributed by atoms with Gasteiger partial charge in [-0.2, -0.15) is 5.48 Å². The Kier molecular flexibility index (Phi) is 13.4. The Morgan fingerprint density at radius 2 is 1.70 bits per heavy atom. The number of aryl methyl sites for hydroxylation is 1. The van der Waals surface area contributed by atoms with Crippen LogP contribution in [0.2, 0.25) is 0 Å². The van der Waals surface area contributed by atoms with Crippen molar-refractivity contribution in [1.29, 1.82) is 0 Å². The molecule has 0 aliphatic carbocycles. The monoisotopic (exact) mass is 615 g/mol. The van der Waals surface area contributed by atoms with Crippen molar-refractivity contribution in [3.63, 3.8) is 0 Å². The number of nitrogens with zero attached hydrogens (tertiary/aromatic N) is 2. The molecule has 0 unspecified atom stereocenters. The number of carbonyl (C=O) groups is 3. The molecule has 1 fully saturated rings. The third-order valence-electron chi connectivity index (χ3n) is 7.77. The molecule has 0 bridgehead atoms. The van der Waals surface area contributed by atoms with Crippen molar-refractivity contribution in [2.75, 3.05) is 13.1 Å². The van der Waals surface area contributed by atoms with Gasteiger partial charge in [-0.25, -0.2) is 4.98 Å². The number of nitrogens with one attached hydrogen (secondary N) is 2. The first-order valence-corrected chi connectivity index (χ1v) is 16.3. The molecule has 1 aromatic carbocycles. The molecule has 3 rings (SSSR count). The number of carbonyl (C=O) groups excluding carboxylic acids is 3. The first-order chi connectivity index (χ1) is 20.5. The Morgan fingerprint density at radius 3 is 2.28 bits per heavy atom. The van der Waals surface area contributed by atoms with E-state index in [0.717, 1.165) is 54.8 Å². The summed E-state index contributed by atoms with van der Waals surface area (Å²) >= 11 is 1.55. The second-order valence-corrected chi connectivity index (χ2v) is 13.3. The van der Waals surface area contributed by atoms with Gasteiger partial charge in [-0.3, -0.25) is 14.4 Å². The molecule has 10 nitrogen and oxygen atoms in total. The van der Waals surface area contributed by atoms with Gasteiger partial charge in [0.05, 0.1) is 22.2 Å². The third kappa shape index (κ3) is 10.6.